The third-order valence-electron chi connectivity index (χ3n) is 5.87. The molecule has 1 aromatic heterocycles. The summed E-state index contributed by atoms with van der Waals surface area (Å²) in [4.78, 5) is 4.57. The fourth-order valence-electron chi connectivity index (χ4n) is 4.27. The fraction of sp³-hybridized carbons (Fsp3) is 0.619. The zero-order valence-electron chi connectivity index (χ0n) is 16.9. The van der Waals surface area contributed by atoms with Crippen LogP contribution < -0.4 is 0 Å². The summed E-state index contributed by atoms with van der Waals surface area (Å²) in [6.45, 7) is 1.75. The molecule has 0 spiro atoms. The SMILES string of the molecule is O=S(=O)(N1CCCCC1)N1CCCC[C@H]1c1nc(CCCc2ccccc2)no1. The molecule has 1 atom stereocenters. The molecule has 0 amide bonds. The number of piperidine rings is 2. The first-order chi connectivity index (χ1) is 14.1. The van der Waals surface area contributed by atoms with Crippen LogP contribution in [0.15, 0.2) is 34.9 Å². The number of hydrogen-bond donors (Lipinski definition) is 0. The van der Waals surface area contributed by atoms with E-state index >= 15 is 0 Å². The zero-order valence-corrected chi connectivity index (χ0v) is 17.7. The minimum absolute atomic E-state index is 0.342. The van der Waals surface area contributed by atoms with Crippen LogP contribution in [0, 0.1) is 0 Å². The van der Waals surface area contributed by atoms with E-state index in [1.165, 1.54) is 5.56 Å². The van der Waals surface area contributed by atoms with Gasteiger partial charge < -0.3 is 4.52 Å². The Morgan fingerprint density at radius 2 is 1.72 bits per heavy atom. The molecule has 2 aliphatic heterocycles. The maximum atomic E-state index is 13.2. The summed E-state index contributed by atoms with van der Waals surface area (Å²) in [5, 5.41) is 4.13. The molecule has 158 valence electrons. The molecule has 3 heterocycles. The highest BCUT2D eigenvalue weighted by Crippen LogP contribution is 2.34. The predicted molar refractivity (Wildman–Crippen MR) is 110 cm³/mol. The van der Waals surface area contributed by atoms with Crippen molar-refractivity contribution in [1.29, 1.82) is 0 Å². The average molecular weight is 419 g/mol. The van der Waals surface area contributed by atoms with E-state index in [0.29, 0.717) is 31.3 Å². The number of rotatable bonds is 7. The Hall–Kier alpha value is -1.77. The molecular weight excluding hydrogens is 388 g/mol. The fourth-order valence-corrected chi connectivity index (χ4v) is 6.16. The van der Waals surface area contributed by atoms with Crippen molar-refractivity contribution < 1.29 is 12.9 Å². The van der Waals surface area contributed by atoms with Gasteiger partial charge in [0, 0.05) is 26.1 Å². The molecule has 0 N–H and O–H groups in total. The summed E-state index contributed by atoms with van der Waals surface area (Å²) < 4.78 is 35.2. The summed E-state index contributed by atoms with van der Waals surface area (Å²) in [6.07, 6.45) is 8.18. The van der Waals surface area contributed by atoms with Crippen molar-refractivity contribution in [2.75, 3.05) is 19.6 Å². The number of aromatic nitrogens is 2. The highest BCUT2D eigenvalue weighted by Gasteiger charge is 2.40. The maximum Gasteiger partial charge on any atom is 0.282 e. The van der Waals surface area contributed by atoms with Crippen LogP contribution in [-0.4, -0.2) is 46.8 Å². The van der Waals surface area contributed by atoms with Crippen molar-refractivity contribution in [1.82, 2.24) is 18.8 Å². The Morgan fingerprint density at radius 3 is 2.52 bits per heavy atom. The van der Waals surface area contributed by atoms with Crippen LogP contribution in [0.5, 0.6) is 0 Å². The number of benzene rings is 1. The predicted octanol–water partition coefficient (Wildman–Crippen LogP) is 3.50. The molecule has 2 saturated heterocycles. The van der Waals surface area contributed by atoms with E-state index < -0.39 is 10.2 Å². The van der Waals surface area contributed by atoms with Gasteiger partial charge in [0.25, 0.3) is 10.2 Å². The molecular formula is C21H30N4O3S. The number of aryl methyl sites for hydroxylation is 2. The molecule has 8 heteroatoms. The van der Waals surface area contributed by atoms with Gasteiger partial charge in [-0.05, 0) is 44.1 Å². The van der Waals surface area contributed by atoms with E-state index in [4.69, 9.17) is 4.52 Å². The van der Waals surface area contributed by atoms with Crippen LogP contribution in [0.2, 0.25) is 0 Å². The lowest BCUT2D eigenvalue weighted by Crippen LogP contribution is -2.48. The minimum Gasteiger partial charge on any atom is -0.338 e. The van der Waals surface area contributed by atoms with Gasteiger partial charge >= 0.3 is 0 Å². The van der Waals surface area contributed by atoms with Gasteiger partial charge in [0.1, 0.15) is 6.04 Å². The molecule has 0 radical (unpaired) electrons. The summed E-state index contributed by atoms with van der Waals surface area (Å²) in [5.41, 5.74) is 1.29. The van der Waals surface area contributed by atoms with Gasteiger partial charge in [-0.2, -0.15) is 22.0 Å². The minimum atomic E-state index is -3.49. The molecule has 29 heavy (non-hydrogen) atoms. The van der Waals surface area contributed by atoms with E-state index in [0.717, 1.165) is 57.8 Å². The quantitative estimate of drug-likeness (QED) is 0.687. The Kier molecular flexibility index (Phi) is 6.62. The van der Waals surface area contributed by atoms with Gasteiger partial charge in [0.2, 0.25) is 5.89 Å². The molecule has 2 aliphatic rings. The summed E-state index contributed by atoms with van der Waals surface area (Å²) in [5.74, 6) is 1.11. The molecule has 0 saturated carbocycles. The largest absolute Gasteiger partial charge is 0.338 e. The Labute approximate surface area is 173 Å². The van der Waals surface area contributed by atoms with Crippen LogP contribution in [0.3, 0.4) is 0 Å². The van der Waals surface area contributed by atoms with E-state index in [-0.39, 0.29) is 6.04 Å². The highest BCUT2D eigenvalue weighted by atomic mass is 32.2. The first kappa shape index (κ1) is 20.5. The van der Waals surface area contributed by atoms with Crippen molar-refractivity contribution in [3.8, 4) is 0 Å². The lowest BCUT2D eigenvalue weighted by Gasteiger charge is -2.37. The van der Waals surface area contributed by atoms with E-state index in [9.17, 15) is 8.42 Å². The second-order valence-corrected chi connectivity index (χ2v) is 9.86. The summed E-state index contributed by atoms with van der Waals surface area (Å²) in [7, 11) is -3.49. The third kappa shape index (κ3) is 4.87. The van der Waals surface area contributed by atoms with Crippen molar-refractivity contribution in [3.05, 3.63) is 47.6 Å². The second kappa shape index (κ2) is 9.36. The first-order valence-electron chi connectivity index (χ1n) is 10.8. The topological polar surface area (TPSA) is 79.5 Å². The molecule has 2 fully saturated rings. The smallest absolute Gasteiger partial charge is 0.282 e. The average Bonchev–Trinajstić information content (AvgIpc) is 3.24. The maximum absolute atomic E-state index is 13.2. The standard InChI is InChI=1S/C21H30N4O3S/c26-29(27,24-15-6-2-7-16-24)25-17-8-5-13-19(25)21-22-20(23-28-21)14-9-12-18-10-3-1-4-11-18/h1,3-4,10-11,19H,2,5-9,12-17H2/t19-/m0/s1. The molecule has 0 bridgehead atoms. The molecule has 1 aromatic carbocycles. The van der Waals surface area contributed by atoms with Crippen molar-refractivity contribution >= 4 is 10.2 Å². The summed E-state index contributed by atoms with van der Waals surface area (Å²) >= 11 is 0. The van der Waals surface area contributed by atoms with Crippen molar-refractivity contribution in [2.24, 2.45) is 0 Å². The Bertz CT molecular complexity index is 878. The van der Waals surface area contributed by atoms with Crippen LogP contribution in [0.25, 0.3) is 0 Å². The zero-order chi connectivity index (χ0) is 20.1. The monoisotopic (exact) mass is 418 g/mol. The molecule has 2 aromatic rings. The van der Waals surface area contributed by atoms with E-state index in [2.05, 4.69) is 22.3 Å². The van der Waals surface area contributed by atoms with Crippen LogP contribution in [0.1, 0.15) is 68.3 Å². The van der Waals surface area contributed by atoms with Crippen molar-refractivity contribution in [2.45, 2.75) is 63.8 Å². The van der Waals surface area contributed by atoms with Crippen LogP contribution in [-0.2, 0) is 23.1 Å². The normalized spacial score (nSPS) is 22.0. The molecule has 7 nitrogen and oxygen atoms in total. The Balaban J connectivity index is 1.42. The molecule has 0 unspecified atom stereocenters. The Morgan fingerprint density at radius 1 is 0.966 bits per heavy atom. The van der Waals surface area contributed by atoms with Gasteiger partial charge in [0.05, 0.1) is 0 Å². The van der Waals surface area contributed by atoms with Crippen LogP contribution in [0.4, 0.5) is 0 Å². The van der Waals surface area contributed by atoms with E-state index in [1.807, 2.05) is 18.2 Å². The number of nitrogens with zero attached hydrogens (tertiary/aromatic N) is 4. The van der Waals surface area contributed by atoms with Gasteiger partial charge in [-0.25, -0.2) is 0 Å². The van der Waals surface area contributed by atoms with Gasteiger partial charge in [-0.3, -0.25) is 0 Å². The molecule has 0 aliphatic carbocycles. The number of hydrogen-bond acceptors (Lipinski definition) is 5. The van der Waals surface area contributed by atoms with Gasteiger partial charge in [0.15, 0.2) is 5.82 Å². The highest BCUT2D eigenvalue weighted by molar-refractivity contribution is 7.86. The lowest BCUT2D eigenvalue weighted by atomic mass is 10.1. The second-order valence-electron chi connectivity index (χ2n) is 7.98. The van der Waals surface area contributed by atoms with Crippen molar-refractivity contribution in [3.63, 3.8) is 0 Å². The summed E-state index contributed by atoms with van der Waals surface area (Å²) in [6, 6.07) is 10.00. The molecule has 4 rings (SSSR count). The third-order valence-corrected chi connectivity index (χ3v) is 7.92. The lowest BCUT2D eigenvalue weighted by molar-refractivity contribution is 0.187. The van der Waals surface area contributed by atoms with Gasteiger partial charge in [-0.15, -0.1) is 0 Å². The van der Waals surface area contributed by atoms with Crippen LogP contribution >= 0.6 is 0 Å². The first-order valence-corrected chi connectivity index (χ1v) is 12.2. The van der Waals surface area contributed by atoms with E-state index in [1.54, 1.807) is 8.61 Å². The van der Waals surface area contributed by atoms with Gasteiger partial charge in [-0.1, -0.05) is 48.3 Å².